The number of hydrogen-bond donors (Lipinski definition) is 5. The van der Waals surface area contributed by atoms with Gasteiger partial charge >= 0.3 is 13.1 Å². The van der Waals surface area contributed by atoms with E-state index in [9.17, 15) is 9.18 Å². The first-order valence-electron chi connectivity index (χ1n) is 9.07. The summed E-state index contributed by atoms with van der Waals surface area (Å²) in [4.78, 5) is 14.7. The van der Waals surface area contributed by atoms with Gasteiger partial charge in [0.2, 0.25) is 5.88 Å². The number of anilines is 1. The fourth-order valence-electron chi connectivity index (χ4n) is 2.18. The minimum Gasteiger partial charge on any atom is -0.508 e. The van der Waals surface area contributed by atoms with Crippen LogP contribution in [0.1, 0.15) is 15.9 Å². The van der Waals surface area contributed by atoms with E-state index in [0.717, 1.165) is 11.6 Å². The van der Waals surface area contributed by atoms with Gasteiger partial charge < -0.3 is 35.5 Å². The van der Waals surface area contributed by atoms with Gasteiger partial charge in [-0.1, -0.05) is 12.1 Å². The standard InChI is InChI=1S/C8H8O4.C7H8FN.C6H8BNO3/c1-12-8(11)6-3-2-5(9)4-7(6)10;1-5-2-3-6(8)4-7(5)9;1-11-6-5(7(9)10)3-2-4-8-6/h2-4,9-10H,1H3;2-4H,9H2,1H3;2-4,9-10H,1H3. The third-order valence-corrected chi connectivity index (χ3v) is 3.90. The number of aromatic hydroxyl groups is 2. The summed E-state index contributed by atoms with van der Waals surface area (Å²) in [6.07, 6.45) is 1.52. The highest BCUT2D eigenvalue weighted by molar-refractivity contribution is 6.59. The number of benzene rings is 2. The first-order valence-corrected chi connectivity index (χ1v) is 9.07. The van der Waals surface area contributed by atoms with Crippen molar-refractivity contribution in [3.8, 4) is 17.4 Å². The van der Waals surface area contributed by atoms with E-state index in [0.29, 0.717) is 5.69 Å². The quantitative estimate of drug-likeness (QED) is 0.228. The van der Waals surface area contributed by atoms with E-state index in [1.54, 1.807) is 12.1 Å². The van der Waals surface area contributed by atoms with Gasteiger partial charge in [0.25, 0.3) is 0 Å². The molecule has 0 radical (unpaired) electrons. The first-order chi connectivity index (χ1) is 15.1. The fraction of sp³-hybridized carbons (Fsp3) is 0.143. The molecular weight excluding hydrogens is 422 g/mol. The van der Waals surface area contributed by atoms with Gasteiger partial charge in [-0.25, -0.2) is 14.2 Å². The number of methoxy groups -OCH3 is 2. The summed E-state index contributed by atoms with van der Waals surface area (Å²) in [7, 11) is 1.11. The van der Waals surface area contributed by atoms with Gasteiger partial charge in [-0.3, -0.25) is 0 Å². The van der Waals surface area contributed by atoms with Crippen LogP contribution in [0.15, 0.2) is 54.7 Å². The molecule has 0 saturated heterocycles. The van der Waals surface area contributed by atoms with Crippen LogP contribution in [0.5, 0.6) is 17.4 Å². The average molecular weight is 446 g/mol. The summed E-state index contributed by atoms with van der Waals surface area (Å²) in [6, 6.07) is 11.2. The molecule has 6 N–H and O–H groups in total. The van der Waals surface area contributed by atoms with E-state index < -0.39 is 13.1 Å². The zero-order valence-electron chi connectivity index (χ0n) is 17.7. The maximum atomic E-state index is 12.3. The van der Waals surface area contributed by atoms with E-state index in [1.165, 1.54) is 50.7 Å². The molecule has 3 aromatic rings. The van der Waals surface area contributed by atoms with Crippen LogP contribution in [0.25, 0.3) is 0 Å². The zero-order chi connectivity index (χ0) is 24.3. The number of esters is 1. The lowest BCUT2D eigenvalue weighted by molar-refractivity contribution is 0.0597. The number of carbonyl (C=O) groups excluding carboxylic acids is 1. The lowest BCUT2D eigenvalue weighted by Crippen LogP contribution is -2.31. The molecule has 2 aromatic carbocycles. The van der Waals surface area contributed by atoms with Crippen LogP contribution in [0.3, 0.4) is 0 Å². The number of halogens is 1. The number of rotatable bonds is 3. The Bertz CT molecular complexity index is 1030. The number of carbonyl (C=O) groups is 1. The van der Waals surface area contributed by atoms with Gasteiger partial charge in [-0.15, -0.1) is 0 Å². The largest absolute Gasteiger partial charge is 0.508 e. The van der Waals surface area contributed by atoms with Crippen molar-refractivity contribution in [2.45, 2.75) is 6.92 Å². The molecule has 3 rings (SSSR count). The van der Waals surface area contributed by atoms with Crippen molar-refractivity contribution >= 4 is 24.2 Å². The van der Waals surface area contributed by atoms with Crippen molar-refractivity contribution in [2.75, 3.05) is 20.0 Å². The molecule has 1 heterocycles. The number of nitrogens with zero attached hydrogens (tertiary/aromatic N) is 1. The van der Waals surface area contributed by atoms with Crippen molar-refractivity contribution in [1.29, 1.82) is 0 Å². The summed E-state index contributed by atoms with van der Waals surface area (Å²) in [6.45, 7) is 1.84. The Morgan fingerprint density at radius 3 is 2.25 bits per heavy atom. The van der Waals surface area contributed by atoms with Crippen LogP contribution in [0.2, 0.25) is 0 Å². The number of hydrogen-bond acceptors (Lipinski definition) is 9. The van der Waals surface area contributed by atoms with E-state index in [1.807, 2.05) is 6.92 Å². The number of nitrogen functional groups attached to an aromatic ring is 1. The molecule has 0 spiro atoms. The highest BCUT2D eigenvalue weighted by Crippen LogP contribution is 2.22. The molecule has 1 aromatic heterocycles. The molecule has 0 saturated carbocycles. The Hall–Kier alpha value is -3.83. The zero-order valence-corrected chi connectivity index (χ0v) is 17.7. The Kier molecular flexibility index (Phi) is 10.5. The van der Waals surface area contributed by atoms with Gasteiger partial charge in [-0.05, 0) is 42.8 Å². The molecule has 11 heteroatoms. The molecule has 0 aliphatic carbocycles. The Labute approximate surface area is 184 Å². The molecule has 9 nitrogen and oxygen atoms in total. The van der Waals surface area contributed by atoms with E-state index >= 15 is 0 Å². The molecule has 0 aliphatic heterocycles. The van der Waals surface area contributed by atoms with Crippen LogP contribution in [0.4, 0.5) is 10.1 Å². The maximum absolute atomic E-state index is 12.3. The minimum absolute atomic E-state index is 0.0373. The molecule has 0 amide bonds. The van der Waals surface area contributed by atoms with Crippen molar-refractivity contribution < 1.29 is 38.9 Å². The van der Waals surface area contributed by atoms with Gasteiger partial charge in [0.1, 0.15) is 22.9 Å². The second-order valence-electron chi connectivity index (χ2n) is 6.17. The Balaban J connectivity index is 0.000000242. The van der Waals surface area contributed by atoms with Gasteiger partial charge in [0.05, 0.1) is 14.2 Å². The molecule has 0 fully saturated rings. The fourth-order valence-corrected chi connectivity index (χ4v) is 2.18. The normalized spacial score (nSPS) is 9.44. The van der Waals surface area contributed by atoms with Crippen LogP contribution < -0.4 is 15.9 Å². The summed E-state index contributed by atoms with van der Waals surface area (Å²) in [5.74, 6) is -1.06. The van der Waals surface area contributed by atoms with Gasteiger partial charge in [0.15, 0.2) is 0 Å². The van der Waals surface area contributed by atoms with Crippen molar-refractivity contribution in [1.82, 2.24) is 4.98 Å². The number of aromatic nitrogens is 1. The number of ether oxygens (including phenoxy) is 2. The second kappa shape index (κ2) is 12.8. The minimum atomic E-state index is -1.53. The molecule has 32 heavy (non-hydrogen) atoms. The topological polar surface area (TPSA) is 155 Å². The molecule has 0 unspecified atom stereocenters. The molecule has 0 atom stereocenters. The highest BCUT2D eigenvalue weighted by Gasteiger charge is 2.16. The molecule has 170 valence electrons. The van der Waals surface area contributed by atoms with Crippen molar-refractivity contribution in [3.63, 3.8) is 0 Å². The third-order valence-electron chi connectivity index (χ3n) is 3.90. The van der Waals surface area contributed by atoms with Crippen LogP contribution in [-0.4, -0.2) is 52.6 Å². The predicted molar refractivity (Wildman–Crippen MR) is 117 cm³/mol. The van der Waals surface area contributed by atoms with Crippen molar-refractivity contribution in [2.24, 2.45) is 0 Å². The molecular formula is C21H24BFN2O7. The predicted octanol–water partition coefficient (Wildman–Crippen LogP) is 1.37. The van der Waals surface area contributed by atoms with Crippen LogP contribution in [0, 0.1) is 12.7 Å². The summed E-state index contributed by atoms with van der Waals surface area (Å²) >= 11 is 0. The van der Waals surface area contributed by atoms with Crippen molar-refractivity contribution in [3.05, 3.63) is 71.7 Å². The number of aryl methyl sites for hydroxylation is 1. The van der Waals surface area contributed by atoms with E-state index in [4.69, 9.17) is 30.7 Å². The highest BCUT2D eigenvalue weighted by atomic mass is 19.1. The number of pyridine rings is 1. The number of phenols is 2. The molecule has 0 bridgehead atoms. The number of nitrogens with two attached hydrogens (primary N) is 1. The lowest BCUT2D eigenvalue weighted by Gasteiger charge is -2.03. The lowest BCUT2D eigenvalue weighted by atomic mass is 9.81. The SMILES string of the molecule is COC(=O)c1ccc(O)cc1O.COc1ncccc1B(O)O.Cc1ccc(F)cc1N. The summed E-state index contributed by atoms with van der Waals surface area (Å²) in [5, 5.41) is 35.6. The van der Waals surface area contributed by atoms with Crippen LogP contribution in [-0.2, 0) is 4.74 Å². The smallest absolute Gasteiger partial charge is 0.493 e. The first kappa shape index (κ1) is 26.2. The van der Waals surface area contributed by atoms with Gasteiger partial charge in [0, 0.05) is 23.4 Å². The summed E-state index contributed by atoms with van der Waals surface area (Å²) in [5.41, 5.74) is 7.11. The number of phenolic OH excluding ortho intramolecular Hbond substituents is 2. The van der Waals surface area contributed by atoms with Gasteiger partial charge in [-0.2, -0.15) is 0 Å². The monoisotopic (exact) mass is 446 g/mol. The maximum Gasteiger partial charge on any atom is 0.493 e. The van der Waals surface area contributed by atoms with E-state index in [-0.39, 0.29) is 34.2 Å². The molecule has 0 aliphatic rings. The second-order valence-corrected chi connectivity index (χ2v) is 6.17. The summed E-state index contributed by atoms with van der Waals surface area (Å²) < 4.78 is 21.4. The Morgan fingerprint density at radius 2 is 1.78 bits per heavy atom. The average Bonchev–Trinajstić information content (AvgIpc) is 2.77. The van der Waals surface area contributed by atoms with Crippen LogP contribution >= 0.6 is 0 Å². The van der Waals surface area contributed by atoms with E-state index in [2.05, 4.69) is 9.72 Å². The Morgan fingerprint density at radius 1 is 1.09 bits per heavy atom. The third kappa shape index (κ3) is 8.13.